The minimum Gasteiger partial charge on any atom is -0.507 e. The molecule has 0 spiro atoms. The smallest absolute Gasteiger partial charge is 0.305 e. The highest BCUT2D eigenvalue weighted by molar-refractivity contribution is 6.46. The van der Waals surface area contributed by atoms with Crippen molar-refractivity contribution in [3.63, 3.8) is 0 Å². The summed E-state index contributed by atoms with van der Waals surface area (Å²) in [5.74, 6) is -3.08. The van der Waals surface area contributed by atoms with Gasteiger partial charge in [0.25, 0.3) is 11.7 Å². The number of aliphatic hydroxyl groups excluding tert-OH is 1. The molecule has 138 valence electrons. The number of carboxylic acids is 1. The van der Waals surface area contributed by atoms with Gasteiger partial charge in [0.1, 0.15) is 5.76 Å². The van der Waals surface area contributed by atoms with Gasteiger partial charge in [0.15, 0.2) is 0 Å². The van der Waals surface area contributed by atoms with Crippen LogP contribution in [0.1, 0.15) is 23.6 Å². The summed E-state index contributed by atoms with van der Waals surface area (Å²) in [6.07, 6.45) is -0.308. The first kappa shape index (κ1) is 18.7. The highest BCUT2D eigenvalue weighted by Gasteiger charge is 2.45. The number of hydrogen-bond acceptors (Lipinski definition) is 4. The lowest BCUT2D eigenvalue weighted by Gasteiger charge is -2.24. The van der Waals surface area contributed by atoms with Gasteiger partial charge in [-0.1, -0.05) is 41.9 Å². The van der Waals surface area contributed by atoms with Crippen molar-refractivity contribution in [3.05, 3.63) is 76.3 Å². The molecule has 0 bridgehead atoms. The molecule has 1 amide bonds. The SMILES string of the molecule is O=C(O)CCN1C(=O)C(=O)C(=C(O)c2ccc(Cl)cc2)C1c1ccccc1. The number of ketones is 1. The van der Waals surface area contributed by atoms with Gasteiger partial charge in [-0.25, -0.2) is 0 Å². The summed E-state index contributed by atoms with van der Waals surface area (Å²) >= 11 is 5.86. The predicted molar refractivity (Wildman–Crippen MR) is 99.2 cm³/mol. The number of benzene rings is 2. The van der Waals surface area contributed by atoms with Crippen molar-refractivity contribution in [1.29, 1.82) is 0 Å². The van der Waals surface area contributed by atoms with Crippen molar-refractivity contribution >= 4 is 35.0 Å². The third kappa shape index (κ3) is 3.71. The topological polar surface area (TPSA) is 94.9 Å². The first-order chi connectivity index (χ1) is 12.9. The van der Waals surface area contributed by atoms with Gasteiger partial charge in [0.05, 0.1) is 18.0 Å². The number of hydrogen-bond donors (Lipinski definition) is 2. The van der Waals surface area contributed by atoms with E-state index in [9.17, 15) is 19.5 Å². The van der Waals surface area contributed by atoms with Crippen LogP contribution in [-0.4, -0.2) is 39.3 Å². The van der Waals surface area contributed by atoms with Crippen LogP contribution < -0.4 is 0 Å². The van der Waals surface area contributed by atoms with E-state index in [1.807, 2.05) is 0 Å². The second kappa shape index (κ2) is 7.63. The number of amides is 1. The minimum atomic E-state index is -1.08. The highest BCUT2D eigenvalue weighted by Crippen LogP contribution is 2.39. The van der Waals surface area contributed by atoms with E-state index in [-0.39, 0.29) is 24.3 Å². The average Bonchev–Trinajstić information content (AvgIpc) is 2.91. The van der Waals surface area contributed by atoms with Gasteiger partial charge < -0.3 is 15.1 Å². The van der Waals surface area contributed by atoms with Crippen LogP contribution in [0.25, 0.3) is 5.76 Å². The first-order valence-electron chi connectivity index (χ1n) is 8.21. The molecule has 1 aliphatic heterocycles. The van der Waals surface area contributed by atoms with E-state index >= 15 is 0 Å². The van der Waals surface area contributed by atoms with Crippen LogP contribution in [-0.2, 0) is 14.4 Å². The Bertz CT molecular complexity index is 921. The van der Waals surface area contributed by atoms with E-state index in [4.69, 9.17) is 16.7 Å². The zero-order valence-corrected chi connectivity index (χ0v) is 14.9. The molecule has 7 heteroatoms. The maximum absolute atomic E-state index is 12.6. The largest absolute Gasteiger partial charge is 0.507 e. The molecule has 0 aliphatic carbocycles. The Morgan fingerprint density at radius 1 is 1.00 bits per heavy atom. The standard InChI is InChI=1S/C20H16ClNO5/c21-14-8-6-13(7-9-14)18(25)16-17(12-4-2-1-3-5-12)22(11-10-15(23)24)20(27)19(16)26/h1-9,17,25H,10-11H2,(H,23,24). The summed E-state index contributed by atoms with van der Waals surface area (Å²) in [4.78, 5) is 37.3. The van der Waals surface area contributed by atoms with Crippen molar-refractivity contribution in [3.8, 4) is 0 Å². The molecule has 1 fully saturated rings. The number of Topliss-reactive ketones (excluding diaryl/α,β-unsaturated/α-hetero) is 1. The van der Waals surface area contributed by atoms with Crippen LogP contribution in [0.4, 0.5) is 0 Å². The van der Waals surface area contributed by atoms with Crippen LogP contribution in [0.2, 0.25) is 5.02 Å². The molecule has 6 nitrogen and oxygen atoms in total. The molecule has 1 aliphatic rings. The van der Waals surface area contributed by atoms with Gasteiger partial charge in [0.2, 0.25) is 0 Å². The fourth-order valence-corrected chi connectivity index (χ4v) is 3.20. The second-order valence-electron chi connectivity index (χ2n) is 6.05. The Kier molecular flexibility index (Phi) is 5.28. The number of carbonyl (C=O) groups excluding carboxylic acids is 2. The van der Waals surface area contributed by atoms with E-state index in [0.29, 0.717) is 16.1 Å². The first-order valence-corrected chi connectivity index (χ1v) is 8.59. The molecule has 0 aromatic heterocycles. The summed E-state index contributed by atoms with van der Waals surface area (Å²) in [6.45, 7) is -0.142. The van der Waals surface area contributed by atoms with E-state index < -0.39 is 23.7 Å². The van der Waals surface area contributed by atoms with E-state index in [1.54, 1.807) is 54.6 Å². The van der Waals surface area contributed by atoms with Gasteiger partial charge in [-0.3, -0.25) is 14.4 Å². The number of halogens is 1. The molecule has 2 aromatic rings. The van der Waals surface area contributed by atoms with Gasteiger partial charge >= 0.3 is 5.97 Å². The van der Waals surface area contributed by atoms with Crippen molar-refractivity contribution in [1.82, 2.24) is 4.90 Å². The molecule has 0 radical (unpaired) electrons. The zero-order chi connectivity index (χ0) is 19.6. The maximum atomic E-state index is 12.6. The molecular weight excluding hydrogens is 370 g/mol. The van der Waals surface area contributed by atoms with Crippen LogP contribution in [0.3, 0.4) is 0 Å². The lowest BCUT2D eigenvalue weighted by molar-refractivity contribution is -0.142. The number of likely N-dealkylation sites (tertiary alicyclic amines) is 1. The van der Waals surface area contributed by atoms with Crippen LogP contribution in [0.5, 0.6) is 0 Å². The Hall–Kier alpha value is -3.12. The zero-order valence-electron chi connectivity index (χ0n) is 14.1. The van der Waals surface area contributed by atoms with E-state index in [0.717, 1.165) is 0 Å². The summed E-state index contributed by atoms with van der Waals surface area (Å²) in [5.41, 5.74) is 0.882. The number of carboxylic acid groups (broad SMARTS) is 1. The fourth-order valence-electron chi connectivity index (χ4n) is 3.07. The van der Waals surface area contributed by atoms with Crippen molar-refractivity contribution in [2.45, 2.75) is 12.5 Å². The predicted octanol–water partition coefficient (Wildman–Crippen LogP) is 3.24. The van der Waals surface area contributed by atoms with Crippen molar-refractivity contribution in [2.24, 2.45) is 0 Å². The lowest BCUT2D eigenvalue weighted by atomic mass is 9.95. The monoisotopic (exact) mass is 385 g/mol. The number of rotatable bonds is 5. The Morgan fingerprint density at radius 3 is 2.22 bits per heavy atom. The number of aliphatic hydroxyl groups is 1. The van der Waals surface area contributed by atoms with Crippen LogP contribution in [0.15, 0.2) is 60.2 Å². The molecule has 1 saturated heterocycles. The summed E-state index contributed by atoms with van der Waals surface area (Å²) < 4.78 is 0. The summed E-state index contributed by atoms with van der Waals surface area (Å²) in [7, 11) is 0. The molecule has 1 unspecified atom stereocenters. The Balaban J connectivity index is 2.13. The molecule has 27 heavy (non-hydrogen) atoms. The second-order valence-corrected chi connectivity index (χ2v) is 6.49. The van der Waals surface area contributed by atoms with Gasteiger partial charge in [-0.2, -0.15) is 0 Å². The maximum Gasteiger partial charge on any atom is 0.305 e. The lowest BCUT2D eigenvalue weighted by Crippen LogP contribution is -2.31. The van der Waals surface area contributed by atoms with Crippen LogP contribution in [0, 0.1) is 0 Å². The van der Waals surface area contributed by atoms with E-state index in [2.05, 4.69) is 0 Å². The van der Waals surface area contributed by atoms with Gasteiger partial charge in [-0.05, 0) is 29.8 Å². The summed E-state index contributed by atoms with van der Waals surface area (Å²) in [5, 5.41) is 20.2. The molecule has 0 saturated carbocycles. The number of aliphatic carboxylic acids is 1. The van der Waals surface area contributed by atoms with Crippen molar-refractivity contribution in [2.75, 3.05) is 6.54 Å². The molecule has 1 atom stereocenters. The molecular formula is C20H16ClNO5. The molecule has 2 aromatic carbocycles. The third-order valence-corrected chi connectivity index (χ3v) is 4.59. The highest BCUT2D eigenvalue weighted by atomic mass is 35.5. The Morgan fingerprint density at radius 2 is 1.63 bits per heavy atom. The van der Waals surface area contributed by atoms with Crippen molar-refractivity contribution < 1.29 is 24.6 Å². The molecule has 3 rings (SSSR count). The van der Waals surface area contributed by atoms with Gasteiger partial charge in [-0.15, -0.1) is 0 Å². The normalized spacial score (nSPS) is 18.7. The third-order valence-electron chi connectivity index (χ3n) is 4.34. The fraction of sp³-hybridized carbons (Fsp3) is 0.150. The average molecular weight is 386 g/mol. The Labute approximate surface area is 160 Å². The van der Waals surface area contributed by atoms with Crippen LogP contribution >= 0.6 is 11.6 Å². The van der Waals surface area contributed by atoms with Gasteiger partial charge in [0, 0.05) is 17.1 Å². The molecule has 1 heterocycles. The quantitative estimate of drug-likeness (QED) is 0.468. The summed E-state index contributed by atoms with van der Waals surface area (Å²) in [6, 6.07) is 14.1. The minimum absolute atomic E-state index is 0.0705. The van der Waals surface area contributed by atoms with E-state index in [1.165, 1.54) is 4.90 Å². The number of carbonyl (C=O) groups is 3. The number of nitrogens with zero attached hydrogens (tertiary/aromatic N) is 1. The molecule has 2 N–H and O–H groups in total.